The van der Waals surface area contributed by atoms with Crippen LogP contribution >= 0.6 is 0 Å². The summed E-state index contributed by atoms with van der Waals surface area (Å²) in [6, 6.07) is 1.43. The van der Waals surface area contributed by atoms with Crippen LogP contribution in [0.3, 0.4) is 0 Å². The van der Waals surface area contributed by atoms with E-state index in [-0.39, 0.29) is 17.6 Å². The molecule has 0 aliphatic heterocycles. The monoisotopic (exact) mass is 184 g/mol. The average Bonchev–Trinajstić information content (AvgIpc) is 2.53. The Morgan fingerprint density at radius 3 is 3.00 bits per heavy atom. The summed E-state index contributed by atoms with van der Waals surface area (Å²) in [7, 11) is 0. The van der Waals surface area contributed by atoms with Gasteiger partial charge in [-0.15, -0.1) is 0 Å². The van der Waals surface area contributed by atoms with Crippen molar-refractivity contribution in [2.24, 2.45) is 0 Å². The number of nitrogens with zero attached hydrogens (tertiary/aromatic N) is 1. The molecule has 0 aromatic carbocycles. The van der Waals surface area contributed by atoms with E-state index in [0.29, 0.717) is 12.8 Å². The van der Waals surface area contributed by atoms with Crippen LogP contribution in [0.1, 0.15) is 23.3 Å². The van der Waals surface area contributed by atoms with Crippen molar-refractivity contribution in [3.8, 4) is 0 Å². The van der Waals surface area contributed by atoms with Crippen molar-refractivity contribution < 1.29 is 13.7 Å². The Balaban J connectivity index is 1.86. The Hall–Kier alpha value is -1.39. The van der Waals surface area contributed by atoms with Gasteiger partial charge >= 0.3 is 0 Å². The van der Waals surface area contributed by atoms with Gasteiger partial charge in [0.1, 0.15) is 12.4 Å². The minimum absolute atomic E-state index is 0.0424. The molecule has 0 spiro atoms. The first kappa shape index (κ1) is 8.22. The largest absolute Gasteiger partial charge is 0.364 e. The van der Waals surface area contributed by atoms with Crippen LogP contribution in [0.2, 0.25) is 0 Å². The van der Waals surface area contributed by atoms with E-state index in [9.17, 15) is 9.18 Å². The molecule has 1 heterocycles. The first-order chi connectivity index (χ1) is 6.25. The van der Waals surface area contributed by atoms with Crippen LogP contribution in [0.4, 0.5) is 4.39 Å². The van der Waals surface area contributed by atoms with Crippen LogP contribution in [-0.2, 0) is 0 Å². The Morgan fingerprint density at radius 2 is 2.46 bits per heavy atom. The summed E-state index contributed by atoms with van der Waals surface area (Å²) < 4.78 is 16.9. The standard InChI is InChI=1S/C8H9FN2O2/c9-5-3-6(4-5)10-8(12)7-1-2-13-11-7/h1-2,5-6H,3-4H2,(H,10,12). The number of carbonyl (C=O) groups is 1. The molecule has 1 aliphatic rings. The summed E-state index contributed by atoms with van der Waals surface area (Å²) >= 11 is 0. The van der Waals surface area contributed by atoms with Gasteiger partial charge in [-0.3, -0.25) is 4.79 Å². The molecule has 5 heteroatoms. The molecule has 1 N–H and O–H groups in total. The van der Waals surface area contributed by atoms with Crippen molar-refractivity contribution in [1.82, 2.24) is 10.5 Å². The van der Waals surface area contributed by atoms with E-state index in [0.717, 1.165) is 0 Å². The van der Waals surface area contributed by atoms with Gasteiger partial charge < -0.3 is 9.84 Å². The lowest BCUT2D eigenvalue weighted by Gasteiger charge is -2.29. The zero-order valence-electron chi connectivity index (χ0n) is 6.87. The molecule has 1 aromatic rings. The molecule has 0 bridgehead atoms. The number of amides is 1. The molecule has 2 rings (SSSR count). The molecule has 0 atom stereocenters. The number of hydrogen-bond acceptors (Lipinski definition) is 3. The number of carbonyl (C=O) groups excluding carboxylic acids is 1. The fourth-order valence-corrected chi connectivity index (χ4v) is 1.26. The number of halogens is 1. The molecule has 0 unspecified atom stereocenters. The summed E-state index contributed by atoms with van der Waals surface area (Å²) in [6.45, 7) is 0. The summed E-state index contributed by atoms with van der Waals surface area (Å²) in [4.78, 5) is 11.3. The highest BCUT2D eigenvalue weighted by Crippen LogP contribution is 2.23. The second-order valence-electron chi connectivity index (χ2n) is 3.12. The maximum atomic E-state index is 12.4. The fraction of sp³-hybridized carbons (Fsp3) is 0.500. The number of rotatable bonds is 2. The molecule has 1 amide bonds. The Labute approximate surface area is 74.1 Å². The van der Waals surface area contributed by atoms with E-state index < -0.39 is 6.17 Å². The van der Waals surface area contributed by atoms with Gasteiger partial charge in [0.15, 0.2) is 5.69 Å². The molecule has 1 fully saturated rings. The molecular formula is C8H9FN2O2. The SMILES string of the molecule is O=C(NC1CC(F)C1)c1ccon1. The number of hydrogen-bond donors (Lipinski definition) is 1. The van der Waals surface area contributed by atoms with Gasteiger partial charge in [-0.2, -0.15) is 0 Å². The van der Waals surface area contributed by atoms with Crippen molar-refractivity contribution in [3.63, 3.8) is 0 Å². The maximum Gasteiger partial charge on any atom is 0.273 e. The molecule has 1 saturated carbocycles. The minimum Gasteiger partial charge on any atom is -0.364 e. The van der Waals surface area contributed by atoms with E-state index in [1.807, 2.05) is 0 Å². The summed E-state index contributed by atoms with van der Waals surface area (Å²) in [5.74, 6) is -0.300. The third-order valence-electron chi connectivity index (χ3n) is 2.09. The first-order valence-corrected chi connectivity index (χ1v) is 4.11. The van der Waals surface area contributed by atoms with Gasteiger partial charge in [-0.1, -0.05) is 5.16 Å². The zero-order valence-corrected chi connectivity index (χ0v) is 6.87. The molecule has 4 nitrogen and oxygen atoms in total. The first-order valence-electron chi connectivity index (χ1n) is 4.11. The van der Waals surface area contributed by atoms with E-state index in [1.165, 1.54) is 12.3 Å². The smallest absolute Gasteiger partial charge is 0.273 e. The van der Waals surface area contributed by atoms with Gasteiger partial charge in [0.25, 0.3) is 5.91 Å². The lowest BCUT2D eigenvalue weighted by Crippen LogP contribution is -2.45. The number of aromatic nitrogens is 1. The molecule has 1 aromatic heterocycles. The van der Waals surface area contributed by atoms with Crippen LogP contribution in [0.25, 0.3) is 0 Å². The van der Waals surface area contributed by atoms with Gasteiger partial charge in [0, 0.05) is 12.1 Å². The lowest BCUT2D eigenvalue weighted by molar-refractivity contribution is 0.0851. The van der Waals surface area contributed by atoms with Gasteiger partial charge in [0.05, 0.1) is 0 Å². The maximum absolute atomic E-state index is 12.4. The molecule has 70 valence electrons. The normalized spacial score (nSPS) is 26.5. The van der Waals surface area contributed by atoms with Gasteiger partial charge in [0.2, 0.25) is 0 Å². The molecule has 1 aliphatic carbocycles. The highest BCUT2D eigenvalue weighted by molar-refractivity contribution is 5.92. The van der Waals surface area contributed by atoms with Gasteiger partial charge in [-0.05, 0) is 12.8 Å². The van der Waals surface area contributed by atoms with Crippen molar-refractivity contribution in [2.75, 3.05) is 0 Å². The van der Waals surface area contributed by atoms with E-state index >= 15 is 0 Å². The third kappa shape index (κ3) is 1.68. The highest BCUT2D eigenvalue weighted by atomic mass is 19.1. The minimum atomic E-state index is -0.761. The highest BCUT2D eigenvalue weighted by Gasteiger charge is 2.30. The van der Waals surface area contributed by atoms with Crippen LogP contribution in [0, 0.1) is 0 Å². The van der Waals surface area contributed by atoms with Crippen LogP contribution in [0.5, 0.6) is 0 Å². The second-order valence-corrected chi connectivity index (χ2v) is 3.12. The summed E-state index contributed by atoms with van der Waals surface area (Å²) in [5.41, 5.74) is 0.238. The zero-order chi connectivity index (χ0) is 9.26. The van der Waals surface area contributed by atoms with E-state index in [1.54, 1.807) is 0 Å². The lowest BCUT2D eigenvalue weighted by atomic mass is 9.91. The van der Waals surface area contributed by atoms with Crippen molar-refractivity contribution in [3.05, 3.63) is 18.0 Å². The van der Waals surface area contributed by atoms with E-state index in [4.69, 9.17) is 0 Å². The summed E-state index contributed by atoms with van der Waals surface area (Å²) in [6.07, 6.45) is 1.38. The summed E-state index contributed by atoms with van der Waals surface area (Å²) in [5, 5.41) is 6.11. The van der Waals surface area contributed by atoms with Crippen molar-refractivity contribution in [2.45, 2.75) is 25.1 Å². The van der Waals surface area contributed by atoms with Crippen LogP contribution in [-0.4, -0.2) is 23.3 Å². The third-order valence-corrected chi connectivity index (χ3v) is 2.09. The predicted molar refractivity (Wildman–Crippen MR) is 41.9 cm³/mol. The average molecular weight is 184 g/mol. The van der Waals surface area contributed by atoms with Crippen LogP contribution in [0.15, 0.2) is 16.9 Å². The van der Waals surface area contributed by atoms with Crippen molar-refractivity contribution >= 4 is 5.91 Å². The Bertz CT molecular complexity index is 293. The molecule has 13 heavy (non-hydrogen) atoms. The molecular weight excluding hydrogens is 175 g/mol. The van der Waals surface area contributed by atoms with Crippen LogP contribution < -0.4 is 5.32 Å². The quantitative estimate of drug-likeness (QED) is 0.743. The Kier molecular flexibility index (Phi) is 2.00. The van der Waals surface area contributed by atoms with Crippen molar-refractivity contribution in [1.29, 1.82) is 0 Å². The molecule has 0 saturated heterocycles. The second kappa shape index (κ2) is 3.16. The van der Waals surface area contributed by atoms with E-state index in [2.05, 4.69) is 15.0 Å². The fourth-order valence-electron chi connectivity index (χ4n) is 1.26. The molecule has 0 radical (unpaired) electrons. The topological polar surface area (TPSA) is 55.1 Å². The predicted octanol–water partition coefficient (Wildman–Crippen LogP) is 0.905. The number of alkyl halides is 1. The Morgan fingerprint density at radius 1 is 1.69 bits per heavy atom. The number of nitrogens with one attached hydrogen (secondary N) is 1. The van der Waals surface area contributed by atoms with Gasteiger partial charge in [-0.25, -0.2) is 4.39 Å².